The Morgan fingerprint density at radius 3 is 3.19 bits per heavy atom. The number of hydrogen-bond acceptors (Lipinski definition) is 4. The second-order valence-corrected chi connectivity index (χ2v) is 3.76. The lowest BCUT2D eigenvalue weighted by atomic mass is 10.1. The summed E-state index contributed by atoms with van der Waals surface area (Å²) in [5, 5.41) is 8.77. The first-order valence-corrected chi connectivity index (χ1v) is 5.14. The number of pyridine rings is 1. The van der Waals surface area contributed by atoms with Crippen LogP contribution in [0.3, 0.4) is 0 Å². The third-order valence-corrected chi connectivity index (χ3v) is 2.47. The van der Waals surface area contributed by atoms with E-state index in [1.807, 2.05) is 0 Å². The van der Waals surface area contributed by atoms with E-state index in [-0.39, 0.29) is 5.56 Å². The number of aromatic nitrogens is 1. The monoisotopic (exact) mass is 223 g/mol. The van der Waals surface area contributed by atoms with E-state index >= 15 is 0 Å². The van der Waals surface area contributed by atoms with E-state index in [9.17, 15) is 4.79 Å². The Morgan fingerprint density at radius 2 is 2.50 bits per heavy atom. The van der Waals surface area contributed by atoms with Gasteiger partial charge in [0.2, 0.25) is 0 Å². The number of ether oxygens (including phenoxy) is 2. The Balaban J connectivity index is 1.93. The summed E-state index contributed by atoms with van der Waals surface area (Å²) in [5.74, 6) is -0.109. The molecule has 2 rings (SSSR count). The molecule has 1 unspecified atom stereocenters. The summed E-state index contributed by atoms with van der Waals surface area (Å²) in [6.07, 6.45) is 3.81. The van der Waals surface area contributed by atoms with Gasteiger partial charge in [-0.15, -0.1) is 0 Å². The van der Waals surface area contributed by atoms with Crippen LogP contribution >= 0.6 is 0 Å². The molecule has 2 heterocycles. The molecule has 1 aliphatic heterocycles. The van der Waals surface area contributed by atoms with Crippen molar-refractivity contribution >= 4 is 5.97 Å². The summed E-state index contributed by atoms with van der Waals surface area (Å²) in [4.78, 5) is 14.5. The van der Waals surface area contributed by atoms with Gasteiger partial charge in [0, 0.05) is 18.7 Å². The number of nitrogens with zero attached hydrogens (tertiary/aromatic N) is 1. The molecule has 1 fully saturated rings. The molecule has 0 spiro atoms. The van der Waals surface area contributed by atoms with E-state index in [1.54, 1.807) is 0 Å². The predicted octanol–water partition coefficient (Wildman–Crippen LogP) is 1.20. The molecule has 1 atom stereocenters. The quantitative estimate of drug-likeness (QED) is 0.830. The fourth-order valence-corrected chi connectivity index (χ4v) is 1.54. The van der Waals surface area contributed by atoms with Crippen molar-refractivity contribution in [2.24, 2.45) is 5.92 Å². The summed E-state index contributed by atoms with van der Waals surface area (Å²) >= 11 is 0. The Morgan fingerprint density at radius 1 is 1.62 bits per heavy atom. The maximum atomic E-state index is 10.7. The van der Waals surface area contributed by atoms with Crippen LogP contribution in [0, 0.1) is 5.92 Å². The highest BCUT2D eigenvalue weighted by Gasteiger charge is 2.16. The van der Waals surface area contributed by atoms with E-state index in [2.05, 4.69) is 4.98 Å². The summed E-state index contributed by atoms with van der Waals surface area (Å²) in [6.45, 7) is 2.04. The average Bonchev–Trinajstić information content (AvgIpc) is 2.79. The first-order chi connectivity index (χ1) is 7.75. The van der Waals surface area contributed by atoms with Gasteiger partial charge in [-0.2, -0.15) is 0 Å². The van der Waals surface area contributed by atoms with Crippen molar-refractivity contribution in [3.05, 3.63) is 24.0 Å². The minimum absolute atomic E-state index is 0.139. The highest BCUT2D eigenvalue weighted by atomic mass is 16.5. The molecule has 1 saturated heterocycles. The van der Waals surface area contributed by atoms with Crippen molar-refractivity contribution in [2.45, 2.75) is 6.42 Å². The van der Waals surface area contributed by atoms with Gasteiger partial charge < -0.3 is 14.6 Å². The van der Waals surface area contributed by atoms with Gasteiger partial charge in [0.05, 0.1) is 25.0 Å². The lowest BCUT2D eigenvalue weighted by Crippen LogP contribution is -2.12. The van der Waals surface area contributed by atoms with E-state index < -0.39 is 5.97 Å². The van der Waals surface area contributed by atoms with E-state index in [0.717, 1.165) is 13.0 Å². The molecule has 0 aromatic carbocycles. The summed E-state index contributed by atoms with van der Waals surface area (Å²) < 4.78 is 10.7. The topological polar surface area (TPSA) is 68.7 Å². The third-order valence-electron chi connectivity index (χ3n) is 2.47. The van der Waals surface area contributed by atoms with Crippen LogP contribution < -0.4 is 4.74 Å². The normalized spacial score (nSPS) is 19.6. The van der Waals surface area contributed by atoms with Gasteiger partial charge in [0.25, 0.3) is 0 Å². The number of hydrogen-bond donors (Lipinski definition) is 1. The van der Waals surface area contributed by atoms with Crippen molar-refractivity contribution in [1.82, 2.24) is 4.98 Å². The van der Waals surface area contributed by atoms with Gasteiger partial charge in [-0.1, -0.05) is 0 Å². The van der Waals surface area contributed by atoms with Crippen molar-refractivity contribution in [1.29, 1.82) is 0 Å². The Kier molecular flexibility index (Phi) is 3.36. The largest absolute Gasteiger partial charge is 0.492 e. The van der Waals surface area contributed by atoms with Gasteiger partial charge >= 0.3 is 5.97 Å². The molecule has 5 heteroatoms. The van der Waals surface area contributed by atoms with Crippen molar-refractivity contribution in [2.75, 3.05) is 19.8 Å². The molecule has 0 aliphatic carbocycles. The zero-order valence-electron chi connectivity index (χ0n) is 8.76. The van der Waals surface area contributed by atoms with Gasteiger partial charge in [-0.3, -0.25) is 4.98 Å². The fraction of sp³-hybridized carbons (Fsp3) is 0.455. The minimum Gasteiger partial charge on any atom is -0.492 e. The van der Waals surface area contributed by atoms with Crippen LogP contribution in [0.4, 0.5) is 0 Å². The zero-order valence-corrected chi connectivity index (χ0v) is 8.76. The lowest BCUT2D eigenvalue weighted by Gasteiger charge is -2.09. The molecule has 16 heavy (non-hydrogen) atoms. The summed E-state index contributed by atoms with van der Waals surface area (Å²) in [7, 11) is 0. The van der Waals surface area contributed by atoms with Crippen LogP contribution in [-0.4, -0.2) is 35.9 Å². The standard InChI is InChI=1S/C11H13NO4/c13-11(14)9-3-10(5-12-4-9)16-7-8-1-2-15-6-8/h3-5,8H,1-2,6-7H2,(H,13,14). The molecule has 1 aromatic heterocycles. The van der Waals surface area contributed by atoms with Gasteiger partial charge in [0.1, 0.15) is 5.75 Å². The highest BCUT2D eigenvalue weighted by Crippen LogP contribution is 2.16. The summed E-state index contributed by atoms with van der Waals surface area (Å²) in [5.41, 5.74) is 0.139. The van der Waals surface area contributed by atoms with Crippen LogP contribution in [0.1, 0.15) is 16.8 Å². The molecular weight excluding hydrogens is 210 g/mol. The van der Waals surface area contributed by atoms with Gasteiger partial charge in [0.15, 0.2) is 0 Å². The lowest BCUT2D eigenvalue weighted by molar-refractivity contribution is 0.0695. The molecule has 0 saturated carbocycles. The van der Waals surface area contributed by atoms with Crippen LogP contribution in [-0.2, 0) is 4.74 Å². The van der Waals surface area contributed by atoms with E-state index in [4.69, 9.17) is 14.6 Å². The molecule has 5 nitrogen and oxygen atoms in total. The first-order valence-electron chi connectivity index (χ1n) is 5.14. The smallest absolute Gasteiger partial charge is 0.337 e. The highest BCUT2D eigenvalue weighted by molar-refractivity contribution is 5.87. The first kappa shape index (κ1) is 10.9. The fourth-order valence-electron chi connectivity index (χ4n) is 1.54. The molecule has 86 valence electrons. The molecule has 0 radical (unpaired) electrons. The number of aromatic carboxylic acids is 1. The average molecular weight is 223 g/mol. The van der Waals surface area contributed by atoms with Crippen molar-refractivity contribution < 1.29 is 19.4 Å². The predicted molar refractivity (Wildman–Crippen MR) is 55.6 cm³/mol. The Bertz CT molecular complexity index is 374. The zero-order chi connectivity index (χ0) is 11.4. The number of carboxylic acid groups (broad SMARTS) is 1. The van der Waals surface area contributed by atoms with Crippen LogP contribution in [0.5, 0.6) is 5.75 Å². The van der Waals surface area contributed by atoms with E-state index in [0.29, 0.717) is 24.9 Å². The molecule has 1 aromatic rings. The summed E-state index contributed by atoms with van der Waals surface area (Å²) in [6, 6.07) is 1.48. The molecular formula is C11H13NO4. The second kappa shape index (κ2) is 4.94. The second-order valence-electron chi connectivity index (χ2n) is 3.76. The van der Waals surface area contributed by atoms with E-state index in [1.165, 1.54) is 18.5 Å². The maximum absolute atomic E-state index is 10.7. The molecule has 1 aliphatic rings. The Hall–Kier alpha value is -1.62. The van der Waals surface area contributed by atoms with Crippen LogP contribution in [0.15, 0.2) is 18.5 Å². The van der Waals surface area contributed by atoms with Crippen molar-refractivity contribution in [3.63, 3.8) is 0 Å². The van der Waals surface area contributed by atoms with Crippen molar-refractivity contribution in [3.8, 4) is 5.75 Å². The van der Waals surface area contributed by atoms with Crippen LogP contribution in [0.2, 0.25) is 0 Å². The molecule has 1 N–H and O–H groups in total. The SMILES string of the molecule is O=C(O)c1cncc(OCC2CCOC2)c1. The number of carbonyl (C=O) groups is 1. The molecule has 0 amide bonds. The maximum Gasteiger partial charge on any atom is 0.337 e. The number of rotatable bonds is 4. The van der Waals surface area contributed by atoms with Gasteiger partial charge in [-0.05, 0) is 12.5 Å². The third kappa shape index (κ3) is 2.70. The molecule has 0 bridgehead atoms. The Labute approximate surface area is 93.0 Å². The number of carboxylic acids is 1. The van der Waals surface area contributed by atoms with Gasteiger partial charge in [-0.25, -0.2) is 4.79 Å². The minimum atomic E-state index is -0.998. The van der Waals surface area contributed by atoms with Crippen LogP contribution in [0.25, 0.3) is 0 Å².